The number of hydrogen-bond donors (Lipinski definition) is 3. The van der Waals surface area contributed by atoms with Gasteiger partial charge in [-0.25, -0.2) is 0 Å². The molecule has 1 aliphatic rings. The van der Waals surface area contributed by atoms with E-state index in [1.165, 1.54) is 12.8 Å². The van der Waals surface area contributed by atoms with Crippen LogP contribution in [0.25, 0.3) is 0 Å². The van der Waals surface area contributed by atoms with E-state index in [1.807, 2.05) is 6.92 Å². The van der Waals surface area contributed by atoms with Gasteiger partial charge in [-0.05, 0) is 44.7 Å². The van der Waals surface area contributed by atoms with Gasteiger partial charge in [0.1, 0.15) is 0 Å². The number of rotatable bonds is 8. The topological polar surface area (TPSA) is 70.2 Å². The van der Waals surface area contributed by atoms with Crippen LogP contribution >= 0.6 is 0 Å². The lowest BCUT2D eigenvalue weighted by molar-refractivity contribution is -0.122. The van der Waals surface area contributed by atoms with Crippen molar-refractivity contribution in [2.24, 2.45) is 5.92 Å². The number of amides is 2. The first-order chi connectivity index (χ1) is 9.22. The van der Waals surface area contributed by atoms with Gasteiger partial charge in [0.15, 0.2) is 0 Å². The van der Waals surface area contributed by atoms with Gasteiger partial charge in [0, 0.05) is 25.9 Å². The van der Waals surface area contributed by atoms with E-state index in [9.17, 15) is 9.59 Å². The van der Waals surface area contributed by atoms with Gasteiger partial charge in [-0.15, -0.1) is 0 Å². The van der Waals surface area contributed by atoms with Crippen LogP contribution in [0.3, 0.4) is 0 Å². The summed E-state index contributed by atoms with van der Waals surface area (Å²) < 4.78 is 0. The Morgan fingerprint density at radius 2 is 1.68 bits per heavy atom. The Hall–Kier alpha value is -1.10. The molecule has 5 nitrogen and oxygen atoms in total. The average molecular weight is 269 g/mol. The number of carbonyl (C=O) groups is 2. The Kier molecular flexibility index (Phi) is 8.21. The molecular formula is C14H27N3O2. The second-order valence-electron chi connectivity index (χ2n) is 5.18. The predicted molar refractivity (Wildman–Crippen MR) is 75.8 cm³/mol. The zero-order chi connectivity index (χ0) is 13.9. The van der Waals surface area contributed by atoms with Gasteiger partial charge in [0.05, 0.1) is 0 Å². The van der Waals surface area contributed by atoms with Crippen molar-refractivity contribution in [3.8, 4) is 0 Å². The molecule has 0 atom stereocenters. The predicted octanol–water partition coefficient (Wildman–Crippen LogP) is 0.799. The molecule has 0 radical (unpaired) electrons. The van der Waals surface area contributed by atoms with Crippen molar-refractivity contribution in [1.82, 2.24) is 16.0 Å². The second-order valence-corrected chi connectivity index (χ2v) is 5.18. The zero-order valence-corrected chi connectivity index (χ0v) is 12.0. The van der Waals surface area contributed by atoms with Crippen molar-refractivity contribution in [3.63, 3.8) is 0 Å². The highest BCUT2D eigenvalue weighted by atomic mass is 16.2. The van der Waals surface area contributed by atoms with E-state index in [0.29, 0.717) is 31.8 Å². The molecule has 0 aromatic heterocycles. The van der Waals surface area contributed by atoms with Gasteiger partial charge in [-0.3, -0.25) is 9.59 Å². The molecule has 1 aliphatic heterocycles. The van der Waals surface area contributed by atoms with Crippen LogP contribution in [-0.2, 0) is 9.59 Å². The smallest absolute Gasteiger partial charge is 0.221 e. The summed E-state index contributed by atoms with van der Waals surface area (Å²) in [5.41, 5.74) is 0. The maximum absolute atomic E-state index is 11.6. The molecule has 0 aliphatic carbocycles. The maximum atomic E-state index is 11.6. The van der Waals surface area contributed by atoms with Crippen LogP contribution < -0.4 is 16.0 Å². The van der Waals surface area contributed by atoms with Crippen molar-refractivity contribution < 1.29 is 9.59 Å². The van der Waals surface area contributed by atoms with E-state index in [0.717, 1.165) is 25.9 Å². The standard InChI is InChI=1S/C14H27N3O2/c1-2-8-16-14(19)7-11-17-13(18)4-3-12-5-9-15-10-6-12/h12,15H,2-11H2,1H3,(H,16,19)(H,17,18). The quantitative estimate of drug-likeness (QED) is 0.610. The Morgan fingerprint density at radius 3 is 2.37 bits per heavy atom. The molecule has 19 heavy (non-hydrogen) atoms. The zero-order valence-electron chi connectivity index (χ0n) is 12.0. The molecule has 0 bridgehead atoms. The van der Waals surface area contributed by atoms with Crippen LogP contribution in [0.1, 0.15) is 45.4 Å². The number of hydrogen-bond acceptors (Lipinski definition) is 3. The first-order valence-corrected chi connectivity index (χ1v) is 7.46. The third-order valence-electron chi connectivity index (χ3n) is 3.48. The summed E-state index contributed by atoms with van der Waals surface area (Å²) in [4.78, 5) is 22.9. The lowest BCUT2D eigenvalue weighted by Gasteiger charge is -2.22. The summed E-state index contributed by atoms with van der Waals surface area (Å²) in [5.74, 6) is 0.766. The molecule has 1 fully saturated rings. The number of carbonyl (C=O) groups excluding carboxylic acids is 2. The molecular weight excluding hydrogens is 242 g/mol. The average Bonchev–Trinajstić information content (AvgIpc) is 2.44. The maximum Gasteiger partial charge on any atom is 0.221 e. The molecule has 110 valence electrons. The van der Waals surface area contributed by atoms with Gasteiger partial charge >= 0.3 is 0 Å². The normalized spacial score (nSPS) is 16.1. The van der Waals surface area contributed by atoms with Crippen LogP contribution in [0.4, 0.5) is 0 Å². The lowest BCUT2D eigenvalue weighted by atomic mass is 9.93. The SMILES string of the molecule is CCCNC(=O)CCNC(=O)CCC1CCNCC1. The minimum Gasteiger partial charge on any atom is -0.356 e. The monoisotopic (exact) mass is 269 g/mol. The largest absolute Gasteiger partial charge is 0.356 e. The molecule has 1 heterocycles. The third-order valence-corrected chi connectivity index (χ3v) is 3.48. The van der Waals surface area contributed by atoms with E-state index in [1.54, 1.807) is 0 Å². The van der Waals surface area contributed by atoms with E-state index < -0.39 is 0 Å². The van der Waals surface area contributed by atoms with Crippen molar-refractivity contribution >= 4 is 11.8 Å². The summed E-state index contributed by atoms with van der Waals surface area (Å²) in [6, 6.07) is 0. The van der Waals surface area contributed by atoms with Crippen LogP contribution in [0.15, 0.2) is 0 Å². The third kappa shape index (κ3) is 7.82. The summed E-state index contributed by atoms with van der Waals surface area (Å²) in [6.45, 7) is 5.32. The minimum atomic E-state index is 0.0144. The van der Waals surface area contributed by atoms with Crippen LogP contribution in [0.5, 0.6) is 0 Å². The van der Waals surface area contributed by atoms with Crippen molar-refractivity contribution in [1.29, 1.82) is 0 Å². The number of piperidine rings is 1. The Balaban J connectivity index is 1.99. The van der Waals surface area contributed by atoms with Gasteiger partial charge in [0.2, 0.25) is 11.8 Å². The minimum absolute atomic E-state index is 0.0144. The molecule has 1 rings (SSSR count). The fourth-order valence-electron chi connectivity index (χ4n) is 2.26. The molecule has 0 aromatic carbocycles. The highest BCUT2D eigenvalue weighted by Crippen LogP contribution is 2.17. The molecule has 3 N–H and O–H groups in total. The van der Waals surface area contributed by atoms with Crippen LogP contribution in [0, 0.1) is 5.92 Å². The van der Waals surface area contributed by atoms with E-state index in [-0.39, 0.29) is 11.8 Å². The molecule has 1 saturated heterocycles. The molecule has 5 heteroatoms. The Morgan fingerprint density at radius 1 is 1.05 bits per heavy atom. The van der Waals surface area contributed by atoms with Crippen molar-refractivity contribution in [2.45, 2.75) is 45.4 Å². The van der Waals surface area contributed by atoms with Crippen LogP contribution in [0.2, 0.25) is 0 Å². The second kappa shape index (κ2) is 9.78. The lowest BCUT2D eigenvalue weighted by Crippen LogP contribution is -2.32. The summed E-state index contributed by atoms with van der Waals surface area (Å²) in [7, 11) is 0. The number of nitrogens with one attached hydrogen (secondary N) is 3. The molecule has 0 aromatic rings. The summed E-state index contributed by atoms with van der Waals surface area (Å²) >= 11 is 0. The van der Waals surface area contributed by atoms with E-state index in [4.69, 9.17) is 0 Å². The van der Waals surface area contributed by atoms with Crippen LogP contribution in [-0.4, -0.2) is 38.0 Å². The molecule has 0 spiro atoms. The Bertz CT molecular complexity index is 276. The van der Waals surface area contributed by atoms with Crippen molar-refractivity contribution in [2.75, 3.05) is 26.2 Å². The molecule has 0 saturated carbocycles. The Labute approximate surface area is 115 Å². The summed E-state index contributed by atoms with van der Waals surface area (Å²) in [5, 5.41) is 8.93. The first kappa shape index (κ1) is 16.0. The van der Waals surface area contributed by atoms with Gasteiger partial charge in [-0.1, -0.05) is 6.92 Å². The van der Waals surface area contributed by atoms with E-state index >= 15 is 0 Å². The molecule has 0 unspecified atom stereocenters. The van der Waals surface area contributed by atoms with Gasteiger partial charge < -0.3 is 16.0 Å². The first-order valence-electron chi connectivity index (χ1n) is 7.46. The molecule has 2 amide bonds. The highest BCUT2D eigenvalue weighted by Gasteiger charge is 2.14. The van der Waals surface area contributed by atoms with E-state index in [2.05, 4.69) is 16.0 Å². The fourth-order valence-corrected chi connectivity index (χ4v) is 2.26. The van der Waals surface area contributed by atoms with Crippen molar-refractivity contribution in [3.05, 3.63) is 0 Å². The summed E-state index contributed by atoms with van der Waals surface area (Å²) in [6.07, 6.45) is 5.21. The van der Waals surface area contributed by atoms with Gasteiger partial charge in [0.25, 0.3) is 0 Å². The highest BCUT2D eigenvalue weighted by molar-refractivity contribution is 5.78. The fraction of sp³-hybridized carbons (Fsp3) is 0.857. The van der Waals surface area contributed by atoms with Gasteiger partial charge in [-0.2, -0.15) is 0 Å².